The zero-order valence-corrected chi connectivity index (χ0v) is 14.7. The van der Waals surface area contributed by atoms with Gasteiger partial charge in [0.2, 0.25) is 0 Å². The number of halogens is 3. The molecule has 0 saturated heterocycles. The van der Waals surface area contributed by atoms with E-state index in [4.69, 9.17) is 0 Å². The number of aromatic nitrogens is 3. The lowest BCUT2D eigenvalue weighted by atomic mass is 10.3. The van der Waals surface area contributed by atoms with E-state index in [1.54, 1.807) is 12.4 Å². The summed E-state index contributed by atoms with van der Waals surface area (Å²) in [6.45, 7) is 0. The van der Waals surface area contributed by atoms with E-state index in [2.05, 4.69) is 30.7 Å². The second-order valence-electron chi connectivity index (χ2n) is 4.61. The van der Waals surface area contributed by atoms with Crippen molar-refractivity contribution in [1.29, 1.82) is 0 Å². The highest BCUT2D eigenvalue weighted by Crippen LogP contribution is 2.34. The monoisotopic (exact) mass is 422 g/mol. The first kappa shape index (κ1) is 16.3. The van der Waals surface area contributed by atoms with E-state index in [9.17, 15) is 17.2 Å². The lowest BCUT2D eigenvalue weighted by molar-refractivity contribution is 0.146. The molecule has 6 nitrogen and oxygen atoms in total. The molecular formula is C12H9BrF2N4O2S2. The summed E-state index contributed by atoms with van der Waals surface area (Å²) in [4.78, 5) is 3.97. The van der Waals surface area contributed by atoms with Crippen molar-refractivity contribution in [2.24, 2.45) is 7.05 Å². The first-order valence-electron chi connectivity index (χ1n) is 6.15. The van der Waals surface area contributed by atoms with Gasteiger partial charge >= 0.3 is 0 Å². The Bertz CT molecular complexity index is 984. The SMILES string of the molecule is Cn1cc(NS(=O)(=O)c2cc3c(Br)cncc3s2)c(C(F)F)n1. The first-order chi connectivity index (χ1) is 10.8. The third-order valence-corrected chi connectivity index (χ3v) is 6.49. The van der Waals surface area contributed by atoms with E-state index in [1.807, 2.05) is 0 Å². The van der Waals surface area contributed by atoms with Gasteiger partial charge in [-0.25, -0.2) is 17.2 Å². The number of alkyl halides is 2. The van der Waals surface area contributed by atoms with E-state index < -0.39 is 22.1 Å². The molecule has 0 unspecified atom stereocenters. The van der Waals surface area contributed by atoms with Gasteiger partial charge in [-0.15, -0.1) is 11.3 Å². The number of fused-ring (bicyclic) bond motifs is 1. The summed E-state index contributed by atoms with van der Waals surface area (Å²) < 4.78 is 55.4. The molecule has 1 N–H and O–H groups in total. The lowest BCUT2D eigenvalue weighted by Crippen LogP contribution is -2.12. The molecule has 3 aromatic rings. The maximum atomic E-state index is 12.9. The van der Waals surface area contributed by atoms with Crippen LogP contribution in [0.4, 0.5) is 14.5 Å². The number of anilines is 1. The number of pyridine rings is 1. The Morgan fingerprint density at radius 3 is 2.78 bits per heavy atom. The van der Waals surface area contributed by atoms with Crippen LogP contribution in [0.1, 0.15) is 12.1 Å². The lowest BCUT2D eigenvalue weighted by Gasteiger charge is -2.05. The number of nitrogens with one attached hydrogen (secondary N) is 1. The van der Waals surface area contributed by atoms with Crippen LogP contribution in [-0.4, -0.2) is 23.2 Å². The van der Waals surface area contributed by atoms with Crippen LogP contribution in [-0.2, 0) is 17.1 Å². The van der Waals surface area contributed by atoms with Gasteiger partial charge in [0.25, 0.3) is 16.4 Å². The van der Waals surface area contributed by atoms with Gasteiger partial charge in [-0.05, 0) is 22.0 Å². The van der Waals surface area contributed by atoms with E-state index in [0.717, 1.165) is 16.0 Å². The van der Waals surface area contributed by atoms with Gasteiger partial charge in [0.1, 0.15) is 4.21 Å². The summed E-state index contributed by atoms with van der Waals surface area (Å²) in [6.07, 6.45) is 1.41. The number of sulfonamides is 1. The molecule has 3 rings (SSSR count). The fourth-order valence-corrected chi connectivity index (χ4v) is 4.99. The number of thiophene rings is 1. The van der Waals surface area contributed by atoms with Gasteiger partial charge < -0.3 is 0 Å². The summed E-state index contributed by atoms with van der Waals surface area (Å²) in [5.41, 5.74) is -0.850. The summed E-state index contributed by atoms with van der Waals surface area (Å²) >= 11 is 4.30. The molecule has 122 valence electrons. The highest BCUT2D eigenvalue weighted by Gasteiger charge is 2.24. The third kappa shape index (κ3) is 3.08. The maximum absolute atomic E-state index is 12.9. The highest BCUT2D eigenvalue weighted by atomic mass is 79.9. The fourth-order valence-electron chi connectivity index (χ4n) is 1.98. The van der Waals surface area contributed by atoms with Crippen LogP contribution in [0.15, 0.2) is 33.3 Å². The molecule has 0 saturated carbocycles. The smallest absolute Gasteiger partial charge is 0.275 e. The van der Waals surface area contributed by atoms with Crippen LogP contribution >= 0.6 is 27.3 Å². The summed E-state index contributed by atoms with van der Waals surface area (Å²) in [5, 5.41) is 4.26. The molecule has 0 spiro atoms. The van der Waals surface area contributed by atoms with E-state index in [1.165, 1.54) is 19.3 Å². The largest absolute Gasteiger partial charge is 0.284 e. The van der Waals surface area contributed by atoms with E-state index >= 15 is 0 Å². The standard InChI is InChI=1S/C12H9BrF2N4O2S2/c1-19-5-8(11(17-19)12(14)15)18-23(20,21)10-2-6-7(13)3-16-4-9(6)22-10/h2-5,12,18H,1H3. The predicted molar refractivity (Wildman–Crippen MR) is 86.3 cm³/mol. The van der Waals surface area contributed by atoms with Crippen LogP contribution in [0, 0.1) is 0 Å². The Hall–Kier alpha value is -1.59. The van der Waals surface area contributed by atoms with Crippen LogP contribution in [0.3, 0.4) is 0 Å². The van der Waals surface area contributed by atoms with Gasteiger partial charge in [-0.3, -0.25) is 14.4 Å². The maximum Gasteiger partial charge on any atom is 0.284 e. The Morgan fingerprint density at radius 1 is 1.39 bits per heavy atom. The minimum Gasteiger partial charge on any atom is -0.275 e. The summed E-state index contributed by atoms with van der Waals surface area (Å²) in [6, 6.07) is 1.46. The summed E-state index contributed by atoms with van der Waals surface area (Å²) in [7, 11) is -2.56. The molecule has 23 heavy (non-hydrogen) atoms. The molecule has 11 heteroatoms. The van der Waals surface area contributed by atoms with Crippen molar-refractivity contribution in [2.75, 3.05) is 4.72 Å². The Morgan fingerprint density at radius 2 is 2.13 bits per heavy atom. The van der Waals surface area contributed by atoms with Gasteiger partial charge in [-0.1, -0.05) is 0 Å². The van der Waals surface area contributed by atoms with Crippen molar-refractivity contribution in [2.45, 2.75) is 10.6 Å². The molecule has 0 radical (unpaired) electrons. The highest BCUT2D eigenvalue weighted by molar-refractivity contribution is 9.10. The predicted octanol–water partition coefficient (Wildman–Crippen LogP) is 3.53. The molecule has 0 fully saturated rings. The van der Waals surface area contributed by atoms with Gasteiger partial charge in [0, 0.05) is 35.5 Å². The van der Waals surface area contributed by atoms with Crippen molar-refractivity contribution in [1.82, 2.24) is 14.8 Å². The number of hydrogen-bond acceptors (Lipinski definition) is 5. The van der Waals surface area contributed by atoms with Crippen LogP contribution in [0.2, 0.25) is 0 Å². The van der Waals surface area contributed by atoms with Crippen LogP contribution in [0.5, 0.6) is 0 Å². The second kappa shape index (κ2) is 5.80. The molecule has 3 aromatic heterocycles. The van der Waals surface area contributed by atoms with Crippen molar-refractivity contribution >= 4 is 53.1 Å². The van der Waals surface area contributed by atoms with Crippen molar-refractivity contribution in [3.63, 3.8) is 0 Å². The molecule has 0 aliphatic rings. The van der Waals surface area contributed by atoms with Crippen LogP contribution in [0.25, 0.3) is 10.1 Å². The second-order valence-corrected chi connectivity index (χ2v) is 8.45. The van der Waals surface area contributed by atoms with Crippen LogP contribution < -0.4 is 4.72 Å². The number of hydrogen-bond donors (Lipinski definition) is 1. The fraction of sp³-hybridized carbons (Fsp3) is 0.167. The summed E-state index contributed by atoms with van der Waals surface area (Å²) in [5.74, 6) is 0. The minimum atomic E-state index is -4.00. The van der Waals surface area contributed by atoms with Crippen molar-refractivity contribution in [3.05, 3.63) is 34.8 Å². The average Bonchev–Trinajstić information content (AvgIpc) is 3.03. The molecule has 0 aliphatic carbocycles. The van der Waals surface area contributed by atoms with E-state index in [-0.39, 0.29) is 9.90 Å². The quantitative estimate of drug-likeness (QED) is 0.697. The number of aryl methyl sites for hydroxylation is 1. The van der Waals surface area contributed by atoms with Crippen molar-refractivity contribution < 1.29 is 17.2 Å². The first-order valence-corrected chi connectivity index (χ1v) is 9.25. The Labute approximate surface area is 142 Å². The number of nitrogens with zero attached hydrogens (tertiary/aromatic N) is 3. The molecule has 0 aromatic carbocycles. The molecule has 0 atom stereocenters. The molecule has 3 heterocycles. The van der Waals surface area contributed by atoms with Crippen molar-refractivity contribution in [3.8, 4) is 0 Å². The van der Waals surface area contributed by atoms with Gasteiger partial charge in [0.05, 0.1) is 10.4 Å². The molecular weight excluding hydrogens is 414 g/mol. The Balaban J connectivity index is 2.03. The van der Waals surface area contributed by atoms with Gasteiger partial charge in [0.15, 0.2) is 5.69 Å². The van der Waals surface area contributed by atoms with E-state index in [0.29, 0.717) is 14.6 Å². The molecule has 0 aliphatic heterocycles. The minimum absolute atomic E-state index is 0.00488. The average molecular weight is 423 g/mol. The zero-order valence-electron chi connectivity index (χ0n) is 11.5. The number of rotatable bonds is 4. The topological polar surface area (TPSA) is 76.9 Å². The Kier molecular flexibility index (Phi) is 4.10. The molecule has 0 amide bonds. The normalized spacial score (nSPS) is 12.2. The third-order valence-electron chi connectivity index (χ3n) is 2.95. The zero-order chi connectivity index (χ0) is 16.8. The van der Waals surface area contributed by atoms with Gasteiger partial charge in [-0.2, -0.15) is 5.10 Å². The molecule has 0 bridgehead atoms.